The zero-order valence-corrected chi connectivity index (χ0v) is 13.3. The number of nitrogen functional groups attached to an aromatic ring is 1. The van der Waals surface area contributed by atoms with Crippen LogP contribution in [0, 0.1) is 0 Å². The molecule has 0 saturated carbocycles. The number of hydrogen-bond acceptors (Lipinski definition) is 4. The third kappa shape index (κ3) is 3.28. The fourth-order valence-corrected chi connectivity index (χ4v) is 3.27. The molecule has 0 bridgehead atoms. The van der Waals surface area contributed by atoms with Gasteiger partial charge in [-0.1, -0.05) is 30.3 Å². The van der Waals surface area contributed by atoms with E-state index in [1.165, 1.54) is 10.4 Å². The van der Waals surface area contributed by atoms with Gasteiger partial charge in [-0.05, 0) is 42.7 Å². The molecule has 0 aliphatic carbocycles. The Balaban J connectivity index is 1.82. The average Bonchev–Trinajstić information content (AvgIpc) is 2.95. The van der Waals surface area contributed by atoms with E-state index < -0.39 is 0 Å². The molecule has 112 valence electrons. The third-order valence-corrected chi connectivity index (χ3v) is 4.51. The summed E-state index contributed by atoms with van der Waals surface area (Å²) in [4.78, 5) is 5.73. The first-order chi connectivity index (χ1) is 10.8. The van der Waals surface area contributed by atoms with Crippen LogP contribution < -0.4 is 10.5 Å². The van der Waals surface area contributed by atoms with Gasteiger partial charge in [-0.3, -0.25) is 0 Å². The highest BCUT2D eigenvalue weighted by Gasteiger charge is 2.12. The quantitative estimate of drug-likeness (QED) is 0.769. The number of aryl methyl sites for hydroxylation is 2. The first kappa shape index (κ1) is 14.6. The van der Waals surface area contributed by atoms with Gasteiger partial charge in [-0.25, -0.2) is 4.98 Å². The lowest BCUT2D eigenvalue weighted by molar-refractivity contribution is 0.415. The predicted molar refractivity (Wildman–Crippen MR) is 92.4 cm³/mol. The highest BCUT2D eigenvalue weighted by atomic mass is 32.1. The van der Waals surface area contributed by atoms with Crippen molar-refractivity contribution in [3.8, 4) is 17.0 Å². The first-order valence-electron chi connectivity index (χ1n) is 7.20. The summed E-state index contributed by atoms with van der Waals surface area (Å²) in [6.45, 7) is 0. The molecule has 2 N–H and O–H groups in total. The van der Waals surface area contributed by atoms with Crippen molar-refractivity contribution in [3.63, 3.8) is 0 Å². The van der Waals surface area contributed by atoms with Crippen LogP contribution in [0.25, 0.3) is 11.3 Å². The number of rotatable bonds is 5. The molecular weight excluding hydrogens is 292 g/mol. The Kier molecular flexibility index (Phi) is 4.39. The lowest BCUT2D eigenvalue weighted by Gasteiger charge is -2.04. The molecule has 0 aliphatic heterocycles. The lowest BCUT2D eigenvalue weighted by atomic mass is 10.1. The van der Waals surface area contributed by atoms with Crippen LogP contribution in [0.4, 0.5) is 5.13 Å². The Morgan fingerprint density at radius 2 is 1.73 bits per heavy atom. The third-order valence-electron chi connectivity index (χ3n) is 3.56. The van der Waals surface area contributed by atoms with Gasteiger partial charge >= 0.3 is 0 Å². The molecule has 0 unspecified atom stereocenters. The minimum atomic E-state index is 0.619. The molecule has 0 spiro atoms. The van der Waals surface area contributed by atoms with Gasteiger partial charge in [-0.15, -0.1) is 11.3 Å². The van der Waals surface area contributed by atoms with Gasteiger partial charge in [0.25, 0.3) is 0 Å². The zero-order chi connectivity index (χ0) is 15.4. The highest BCUT2D eigenvalue weighted by molar-refractivity contribution is 7.15. The number of hydrogen-bond donors (Lipinski definition) is 1. The van der Waals surface area contributed by atoms with Gasteiger partial charge in [0.2, 0.25) is 0 Å². The summed E-state index contributed by atoms with van der Waals surface area (Å²) >= 11 is 1.57. The molecule has 0 aliphatic rings. The van der Waals surface area contributed by atoms with Gasteiger partial charge in [-0.2, -0.15) is 0 Å². The van der Waals surface area contributed by atoms with Crippen molar-refractivity contribution < 1.29 is 4.74 Å². The summed E-state index contributed by atoms with van der Waals surface area (Å²) in [5, 5.41) is 0.619. The maximum Gasteiger partial charge on any atom is 0.180 e. The normalized spacial score (nSPS) is 10.6. The second-order valence-corrected chi connectivity index (χ2v) is 6.15. The van der Waals surface area contributed by atoms with Crippen LogP contribution in [-0.2, 0) is 12.8 Å². The second kappa shape index (κ2) is 6.62. The summed E-state index contributed by atoms with van der Waals surface area (Å²) in [7, 11) is 1.67. The number of nitrogens with two attached hydrogens (primary N) is 1. The van der Waals surface area contributed by atoms with Crippen molar-refractivity contribution in [1.29, 1.82) is 0 Å². The molecule has 3 aromatic rings. The van der Waals surface area contributed by atoms with Crippen LogP contribution in [0.1, 0.15) is 10.4 Å². The van der Waals surface area contributed by atoms with E-state index in [0.717, 1.165) is 29.8 Å². The van der Waals surface area contributed by atoms with Crippen LogP contribution in [0.2, 0.25) is 0 Å². The van der Waals surface area contributed by atoms with E-state index in [9.17, 15) is 0 Å². The molecule has 0 saturated heterocycles. The SMILES string of the molecule is COc1ccc(-c2nc(N)sc2CCc2ccccc2)cc1. The van der Waals surface area contributed by atoms with E-state index in [4.69, 9.17) is 10.5 Å². The molecule has 4 heteroatoms. The van der Waals surface area contributed by atoms with Gasteiger partial charge in [0.05, 0.1) is 12.8 Å². The van der Waals surface area contributed by atoms with Crippen molar-refractivity contribution in [1.82, 2.24) is 4.98 Å². The number of anilines is 1. The first-order valence-corrected chi connectivity index (χ1v) is 8.01. The standard InChI is InChI=1S/C18H18N2OS/c1-21-15-10-8-14(9-11-15)17-16(22-18(19)20-17)12-7-13-5-3-2-4-6-13/h2-6,8-11H,7,12H2,1H3,(H2,19,20). The van der Waals surface area contributed by atoms with Crippen molar-refractivity contribution in [2.75, 3.05) is 12.8 Å². The van der Waals surface area contributed by atoms with Crippen LogP contribution >= 0.6 is 11.3 Å². The number of nitrogens with zero attached hydrogens (tertiary/aromatic N) is 1. The maximum atomic E-state index is 5.92. The lowest BCUT2D eigenvalue weighted by Crippen LogP contribution is -1.92. The Bertz CT molecular complexity index is 736. The fourth-order valence-electron chi connectivity index (χ4n) is 2.42. The Morgan fingerprint density at radius 3 is 2.41 bits per heavy atom. The molecule has 0 radical (unpaired) electrons. The largest absolute Gasteiger partial charge is 0.497 e. The van der Waals surface area contributed by atoms with E-state index in [1.807, 2.05) is 30.3 Å². The second-order valence-electron chi connectivity index (χ2n) is 5.04. The maximum absolute atomic E-state index is 5.92. The number of methoxy groups -OCH3 is 1. The van der Waals surface area contributed by atoms with Gasteiger partial charge in [0.15, 0.2) is 5.13 Å². The van der Waals surface area contributed by atoms with Crippen LogP contribution in [0.15, 0.2) is 54.6 Å². The fraction of sp³-hybridized carbons (Fsp3) is 0.167. The van der Waals surface area contributed by atoms with Crippen molar-refractivity contribution >= 4 is 16.5 Å². The van der Waals surface area contributed by atoms with Crippen LogP contribution in [-0.4, -0.2) is 12.1 Å². The molecule has 3 nitrogen and oxygen atoms in total. The topological polar surface area (TPSA) is 48.1 Å². The van der Waals surface area contributed by atoms with E-state index >= 15 is 0 Å². The molecule has 1 heterocycles. The molecular formula is C18H18N2OS. The molecule has 2 aromatic carbocycles. The summed E-state index contributed by atoms with van der Waals surface area (Å²) in [6, 6.07) is 18.4. The molecule has 1 aromatic heterocycles. The number of ether oxygens (including phenoxy) is 1. The van der Waals surface area contributed by atoms with Gasteiger partial charge < -0.3 is 10.5 Å². The summed E-state index contributed by atoms with van der Waals surface area (Å²) < 4.78 is 5.20. The number of benzene rings is 2. The smallest absolute Gasteiger partial charge is 0.180 e. The van der Waals surface area contributed by atoms with Gasteiger partial charge in [0, 0.05) is 10.4 Å². The van der Waals surface area contributed by atoms with Crippen LogP contribution in [0.3, 0.4) is 0 Å². The predicted octanol–water partition coefficient (Wildman–Crippen LogP) is 4.19. The number of thiazole rings is 1. The van der Waals surface area contributed by atoms with E-state index in [0.29, 0.717) is 5.13 Å². The summed E-state index contributed by atoms with van der Waals surface area (Å²) in [6.07, 6.45) is 1.94. The molecule has 0 fully saturated rings. The van der Waals surface area contributed by atoms with Crippen molar-refractivity contribution in [2.24, 2.45) is 0 Å². The van der Waals surface area contributed by atoms with Crippen molar-refractivity contribution in [2.45, 2.75) is 12.8 Å². The molecule has 22 heavy (non-hydrogen) atoms. The highest BCUT2D eigenvalue weighted by Crippen LogP contribution is 2.31. The zero-order valence-electron chi connectivity index (χ0n) is 12.5. The number of aromatic nitrogens is 1. The van der Waals surface area contributed by atoms with Gasteiger partial charge in [0.1, 0.15) is 5.75 Å². The molecule has 3 rings (SSSR count). The Hall–Kier alpha value is -2.33. The monoisotopic (exact) mass is 310 g/mol. The average molecular weight is 310 g/mol. The van der Waals surface area contributed by atoms with Crippen molar-refractivity contribution in [3.05, 3.63) is 65.0 Å². The summed E-state index contributed by atoms with van der Waals surface area (Å²) in [5.74, 6) is 0.845. The van der Waals surface area contributed by atoms with E-state index in [2.05, 4.69) is 29.2 Å². The summed E-state index contributed by atoms with van der Waals surface area (Å²) in [5.41, 5.74) is 9.32. The Morgan fingerprint density at radius 1 is 1.00 bits per heavy atom. The minimum Gasteiger partial charge on any atom is -0.497 e. The Labute approximate surface area is 134 Å². The minimum absolute atomic E-state index is 0.619. The van der Waals surface area contributed by atoms with Crippen LogP contribution in [0.5, 0.6) is 5.75 Å². The van der Waals surface area contributed by atoms with E-state index in [1.54, 1.807) is 18.4 Å². The van der Waals surface area contributed by atoms with E-state index in [-0.39, 0.29) is 0 Å². The molecule has 0 atom stereocenters. The molecule has 0 amide bonds.